The first-order valence-corrected chi connectivity index (χ1v) is 7.98. The standard InChI is InChI=1S/C18H21N3O5/c1-20(10-11-26-15-6-4-3-5-7-15)13-18(22)19-16-9-8-14(21(23)24)12-17(16)25-2/h3-9,12H,10-11,13H2,1-2H3,(H,19,22). The number of rotatable bonds is 9. The number of nitro benzene ring substituents is 1. The van der Waals surface area contributed by atoms with Gasteiger partial charge < -0.3 is 14.8 Å². The summed E-state index contributed by atoms with van der Waals surface area (Å²) >= 11 is 0. The van der Waals surface area contributed by atoms with Gasteiger partial charge in [-0.3, -0.25) is 19.8 Å². The van der Waals surface area contributed by atoms with E-state index in [4.69, 9.17) is 9.47 Å². The predicted molar refractivity (Wildman–Crippen MR) is 97.7 cm³/mol. The van der Waals surface area contributed by atoms with Crippen LogP contribution in [0.15, 0.2) is 48.5 Å². The molecule has 2 aromatic rings. The average Bonchev–Trinajstić information content (AvgIpc) is 2.62. The molecule has 0 aliphatic carbocycles. The number of nitro groups is 1. The van der Waals surface area contributed by atoms with Gasteiger partial charge in [0.1, 0.15) is 18.1 Å². The summed E-state index contributed by atoms with van der Waals surface area (Å²) < 4.78 is 10.7. The Bertz CT molecular complexity index is 752. The number of hydrogen-bond donors (Lipinski definition) is 1. The van der Waals surface area contributed by atoms with Crippen LogP contribution in [0.25, 0.3) is 0 Å². The van der Waals surface area contributed by atoms with Crippen LogP contribution in [0.2, 0.25) is 0 Å². The van der Waals surface area contributed by atoms with Gasteiger partial charge in [-0.25, -0.2) is 0 Å². The highest BCUT2D eigenvalue weighted by molar-refractivity contribution is 5.93. The van der Waals surface area contributed by atoms with Crippen molar-refractivity contribution in [3.8, 4) is 11.5 Å². The second-order valence-electron chi connectivity index (χ2n) is 5.59. The molecule has 2 aromatic carbocycles. The van der Waals surface area contributed by atoms with Crippen molar-refractivity contribution in [3.05, 3.63) is 58.6 Å². The molecule has 138 valence electrons. The lowest BCUT2D eigenvalue weighted by Gasteiger charge is -2.17. The monoisotopic (exact) mass is 359 g/mol. The molecular formula is C18H21N3O5. The SMILES string of the molecule is COc1cc([N+](=O)[O-])ccc1NC(=O)CN(C)CCOc1ccccc1. The maximum Gasteiger partial charge on any atom is 0.273 e. The first-order chi connectivity index (χ1) is 12.5. The summed E-state index contributed by atoms with van der Waals surface area (Å²) in [5.41, 5.74) is 0.284. The van der Waals surface area contributed by atoms with Gasteiger partial charge in [-0.2, -0.15) is 0 Å². The van der Waals surface area contributed by atoms with E-state index in [1.807, 2.05) is 35.2 Å². The smallest absolute Gasteiger partial charge is 0.273 e. The van der Waals surface area contributed by atoms with Crippen molar-refractivity contribution in [2.75, 3.05) is 39.2 Å². The zero-order valence-corrected chi connectivity index (χ0v) is 14.7. The fourth-order valence-corrected chi connectivity index (χ4v) is 2.25. The van der Waals surface area contributed by atoms with Gasteiger partial charge in [-0.15, -0.1) is 0 Å². The molecule has 2 rings (SSSR count). The number of methoxy groups -OCH3 is 1. The molecule has 0 heterocycles. The van der Waals surface area contributed by atoms with E-state index in [0.29, 0.717) is 18.8 Å². The number of carbonyl (C=O) groups is 1. The molecule has 0 bridgehead atoms. The quantitative estimate of drug-likeness (QED) is 0.546. The van der Waals surface area contributed by atoms with E-state index in [1.54, 1.807) is 7.05 Å². The van der Waals surface area contributed by atoms with Gasteiger partial charge in [-0.05, 0) is 25.2 Å². The fourth-order valence-electron chi connectivity index (χ4n) is 2.25. The Morgan fingerprint density at radius 2 is 1.96 bits per heavy atom. The second kappa shape index (κ2) is 9.38. The van der Waals surface area contributed by atoms with E-state index < -0.39 is 4.92 Å². The molecule has 0 spiro atoms. The van der Waals surface area contributed by atoms with Gasteiger partial charge in [0.05, 0.1) is 30.3 Å². The maximum absolute atomic E-state index is 12.2. The number of amides is 1. The van der Waals surface area contributed by atoms with E-state index in [9.17, 15) is 14.9 Å². The topological polar surface area (TPSA) is 93.9 Å². The number of anilines is 1. The lowest BCUT2D eigenvalue weighted by molar-refractivity contribution is -0.384. The van der Waals surface area contributed by atoms with Crippen molar-refractivity contribution in [3.63, 3.8) is 0 Å². The first-order valence-electron chi connectivity index (χ1n) is 7.98. The molecule has 0 saturated heterocycles. The molecule has 0 aliphatic rings. The minimum atomic E-state index is -0.519. The van der Waals surface area contributed by atoms with Crippen LogP contribution in [0.1, 0.15) is 0 Å². The lowest BCUT2D eigenvalue weighted by atomic mass is 10.2. The summed E-state index contributed by atoms with van der Waals surface area (Å²) in [6.07, 6.45) is 0. The van der Waals surface area contributed by atoms with E-state index in [2.05, 4.69) is 5.32 Å². The van der Waals surface area contributed by atoms with Gasteiger partial charge in [0.15, 0.2) is 0 Å². The Hall–Kier alpha value is -3.13. The minimum Gasteiger partial charge on any atom is -0.494 e. The Morgan fingerprint density at radius 1 is 1.23 bits per heavy atom. The van der Waals surface area contributed by atoms with Gasteiger partial charge in [-0.1, -0.05) is 18.2 Å². The van der Waals surface area contributed by atoms with Gasteiger partial charge in [0.2, 0.25) is 5.91 Å². The summed E-state index contributed by atoms with van der Waals surface area (Å²) in [6, 6.07) is 13.5. The van der Waals surface area contributed by atoms with E-state index in [0.717, 1.165) is 5.75 Å². The third kappa shape index (κ3) is 5.75. The van der Waals surface area contributed by atoms with Gasteiger partial charge in [0, 0.05) is 12.6 Å². The van der Waals surface area contributed by atoms with E-state index >= 15 is 0 Å². The number of carbonyl (C=O) groups excluding carboxylic acids is 1. The summed E-state index contributed by atoms with van der Waals surface area (Å²) in [5, 5.41) is 13.5. The van der Waals surface area contributed by atoms with Crippen LogP contribution in [0.3, 0.4) is 0 Å². The highest BCUT2D eigenvalue weighted by Gasteiger charge is 2.14. The molecular weight excluding hydrogens is 338 g/mol. The average molecular weight is 359 g/mol. The number of benzene rings is 2. The molecule has 1 amide bonds. The lowest BCUT2D eigenvalue weighted by Crippen LogP contribution is -2.33. The maximum atomic E-state index is 12.2. The van der Waals surface area contributed by atoms with Crippen LogP contribution in [0.5, 0.6) is 11.5 Å². The third-order valence-corrected chi connectivity index (χ3v) is 3.57. The van der Waals surface area contributed by atoms with E-state index in [-0.39, 0.29) is 23.9 Å². The van der Waals surface area contributed by atoms with Crippen LogP contribution in [-0.4, -0.2) is 49.6 Å². The highest BCUT2D eigenvalue weighted by atomic mass is 16.6. The number of likely N-dealkylation sites (N-methyl/N-ethyl adjacent to an activating group) is 1. The van der Waals surface area contributed by atoms with Crippen LogP contribution >= 0.6 is 0 Å². The molecule has 0 saturated carbocycles. The number of para-hydroxylation sites is 1. The molecule has 26 heavy (non-hydrogen) atoms. The highest BCUT2D eigenvalue weighted by Crippen LogP contribution is 2.28. The Kier molecular flexibility index (Phi) is 6.92. The molecule has 0 aromatic heterocycles. The van der Waals surface area contributed by atoms with Crippen molar-refractivity contribution in [1.29, 1.82) is 0 Å². The Balaban J connectivity index is 1.83. The fraction of sp³-hybridized carbons (Fsp3) is 0.278. The van der Waals surface area contributed by atoms with Crippen LogP contribution in [-0.2, 0) is 4.79 Å². The molecule has 0 fully saturated rings. The van der Waals surface area contributed by atoms with Crippen LogP contribution < -0.4 is 14.8 Å². The van der Waals surface area contributed by atoms with Crippen LogP contribution in [0.4, 0.5) is 11.4 Å². The Morgan fingerprint density at radius 3 is 2.62 bits per heavy atom. The summed E-state index contributed by atoms with van der Waals surface area (Å²) in [6.45, 7) is 1.17. The third-order valence-electron chi connectivity index (χ3n) is 3.57. The molecule has 0 radical (unpaired) electrons. The molecule has 8 nitrogen and oxygen atoms in total. The second-order valence-corrected chi connectivity index (χ2v) is 5.59. The van der Waals surface area contributed by atoms with Gasteiger partial charge >= 0.3 is 0 Å². The predicted octanol–water partition coefficient (Wildman–Crippen LogP) is 2.55. The van der Waals surface area contributed by atoms with Crippen molar-refractivity contribution < 1.29 is 19.2 Å². The molecule has 1 N–H and O–H groups in total. The Labute approximate surface area is 151 Å². The van der Waals surface area contributed by atoms with Crippen molar-refractivity contribution in [2.24, 2.45) is 0 Å². The number of non-ortho nitro benzene ring substituents is 1. The normalized spacial score (nSPS) is 10.4. The first kappa shape index (κ1) is 19.2. The number of nitrogens with one attached hydrogen (secondary N) is 1. The number of ether oxygens (including phenoxy) is 2. The van der Waals surface area contributed by atoms with Crippen LogP contribution in [0, 0.1) is 10.1 Å². The van der Waals surface area contributed by atoms with Crippen molar-refractivity contribution in [1.82, 2.24) is 4.90 Å². The zero-order chi connectivity index (χ0) is 18.9. The number of hydrogen-bond acceptors (Lipinski definition) is 6. The minimum absolute atomic E-state index is 0.102. The molecule has 0 atom stereocenters. The summed E-state index contributed by atoms with van der Waals surface area (Å²) in [5.74, 6) is 0.767. The largest absolute Gasteiger partial charge is 0.494 e. The molecule has 0 aliphatic heterocycles. The van der Waals surface area contributed by atoms with Crippen molar-refractivity contribution in [2.45, 2.75) is 0 Å². The number of nitrogens with zero attached hydrogens (tertiary/aromatic N) is 2. The van der Waals surface area contributed by atoms with Gasteiger partial charge in [0.25, 0.3) is 5.69 Å². The summed E-state index contributed by atoms with van der Waals surface area (Å²) in [7, 11) is 3.20. The van der Waals surface area contributed by atoms with Crippen molar-refractivity contribution >= 4 is 17.3 Å². The van der Waals surface area contributed by atoms with E-state index in [1.165, 1.54) is 25.3 Å². The summed E-state index contributed by atoms with van der Waals surface area (Å²) in [4.78, 5) is 24.3. The molecule has 8 heteroatoms. The zero-order valence-electron chi connectivity index (χ0n) is 14.7. The molecule has 0 unspecified atom stereocenters.